The zero-order chi connectivity index (χ0) is 20.8. The standard InChI is InChI=1S/C22H18F3N3O/c1-14-20-18(16-8-4-3-5-9-16)12-19(29)28(21(20)27(2)26-14)13-15-7-6-10-17(11-15)22(23,24)25/h3-12H,13H2,1-2H3. The number of aromatic nitrogens is 3. The lowest BCUT2D eigenvalue weighted by Crippen LogP contribution is -2.22. The number of aryl methyl sites for hydroxylation is 2. The maximum atomic E-state index is 13.1. The summed E-state index contributed by atoms with van der Waals surface area (Å²) >= 11 is 0. The van der Waals surface area contributed by atoms with Gasteiger partial charge in [-0.3, -0.25) is 14.0 Å². The van der Waals surface area contributed by atoms with Gasteiger partial charge in [-0.15, -0.1) is 0 Å². The summed E-state index contributed by atoms with van der Waals surface area (Å²) in [6.45, 7) is 1.88. The van der Waals surface area contributed by atoms with Crippen molar-refractivity contribution >= 4 is 11.0 Å². The van der Waals surface area contributed by atoms with Crippen molar-refractivity contribution in [2.45, 2.75) is 19.6 Å². The van der Waals surface area contributed by atoms with E-state index in [1.807, 2.05) is 37.3 Å². The molecule has 0 aliphatic rings. The van der Waals surface area contributed by atoms with E-state index in [9.17, 15) is 18.0 Å². The minimum atomic E-state index is -4.43. The van der Waals surface area contributed by atoms with Gasteiger partial charge in [-0.1, -0.05) is 42.5 Å². The zero-order valence-electron chi connectivity index (χ0n) is 15.9. The van der Waals surface area contributed by atoms with Crippen molar-refractivity contribution in [2.24, 2.45) is 7.05 Å². The van der Waals surface area contributed by atoms with Crippen LogP contribution in [0.25, 0.3) is 22.2 Å². The summed E-state index contributed by atoms with van der Waals surface area (Å²) in [5.74, 6) is 0. The number of fused-ring (bicyclic) bond motifs is 1. The van der Waals surface area contributed by atoms with Gasteiger partial charge in [-0.2, -0.15) is 18.3 Å². The van der Waals surface area contributed by atoms with Gasteiger partial charge < -0.3 is 0 Å². The van der Waals surface area contributed by atoms with E-state index in [0.29, 0.717) is 11.2 Å². The smallest absolute Gasteiger partial charge is 0.288 e. The highest BCUT2D eigenvalue weighted by molar-refractivity contribution is 5.95. The summed E-state index contributed by atoms with van der Waals surface area (Å²) in [5.41, 5.74) is 2.34. The molecule has 0 aliphatic carbocycles. The first-order chi connectivity index (χ1) is 13.8. The Morgan fingerprint density at radius 2 is 1.72 bits per heavy atom. The van der Waals surface area contributed by atoms with E-state index in [0.717, 1.165) is 34.3 Å². The Morgan fingerprint density at radius 1 is 1.00 bits per heavy atom. The van der Waals surface area contributed by atoms with Crippen LogP contribution in [0.5, 0.6) is 0 Å². The second-order valence-corrected chi connectivity index (χ2v) is 6.95. The quantitative estimate of drug-likeness (QED) is 0.499. The molecule has 0 spiro atoms. The third kappa shape index (κ3) is 3.44. The third-order valence-corrected chi connectivity index (χ3v) is 4.93. The lowest BCUT2D eigenvalue weighted by Gasteiger charge is -2.14. The van der Waals surface area contributed by atoms with E-state index in [1.165, 1.54) is 16.7 Å². The van der Waals surface area contributed by atoms with Gasteiger partial charge in [0.2, 0.25) is 0 Å². The molecule has 2 aromatic heterocycles. The largest absolute Gasteiger partial charge is 0.416 e. The Morgan fingerprint density at radius 3 is 2.41 bits per heavy atom. The molecule has 0 saturated carbocycles. The van der Waals surface area contributed by atoms with Crippen molar-refractivity contribution < 1.29 is 13.2 Å². The van der Waals surface area contributed by atoms with Gasteiger partial charge >= 0.3 is 6.18 Å². The Hall–Kier alpha value is -3.35. The molecule has 2 heterocycles. The normalized spacial score (nSPS) is 11.9. The van der Waals surface area contributed by atoms with Gasteiger partial charge in [0.05, 0.1) is 17.8 Å². The Bertz CT molecular complexity index is 1250. The van der Waals surface area contributed by atoms with Gasteiger partial charge in [-0.25, -0.2) is 0 Å². The number of nitrogens with zero attached hydrogens (tertiary/aromatic N) is 3. The van der Waals surface area contributed by atoms with E-state index in [4.69, 9.17) is 0 Å². The van der Waals surface area contributed by atoms with Crippen molar-refractivity contribution in [1.29, 1.82) is 0 Å². The second-order valence-electron chi connectivity index (χ2n) is 6.95. The summed E-state index contributed by atoms with van der Waals surface area (Å²) in [5, 5.41) is 5.26. The molecule has 0 unspecified atom stereocenters. The highest BCUT2D eigenvalue weighted by atomic mass is 19.4. The molecule has 4 rings (SSSR count). The molecule has 0 saturated heterocycles. The second kappa shape index (κ2) is 6.92. The molecule has 0 bridgehead atoms. The maximum Gasteiger partial charge on any atom is 0.416 e. The Kier molecular flexibility index (Phi) is 4.53. The third-order valence-electron chi connectivity index (χ3n) is 4.93. The number of rotatable bonds is 3. The first-order valence-corrected chi connectivity index (χ1v) is 9.04. The summed E-state index contributed by atoms with van der Waals surface area (Å²) in [4.78, 5) is 13.0. The van der Waals surface area contributed by atoms with Crippen LogP contribution in [-0.4, -0.2) is 14.3 Å². The van der Waals surface area contributed by atoms with E-state index in [2.05, 4.69) is 5.10 Å². The molecule has 29 heavy (non-hydrogen) atoms. The predicted molar refractivity (Wildman–Crippen MR) is 106 cm³/mol. The molecule has 0 N–H and O–H groups in total. The molecule has 0 amide bonds. The highest BCUT2D eigenvalue weighted by Crippen LogP contribution is 2.31. The molecule has 0 aliphatic heterocycles. The molecular weight excluding hydrogens is 379 g/mol. The topological polar surface area (TPSA) is 39.8 Å². The lowest BCUT2D eigenvalue weighted by atomic mass is 10.0. The SMILES string of the molecule is Cc1nn(C)c2c1c(-c1ccccc1)cc(=O)n2Cc1cccc(C(F)(F)F)c1. The average molecular weight is 397 g/mol. The molecule has 2 aromatic carbocycles. The lowest BCUT2D eigenvalue weighted by molar-refractivity contribution is -0.137. The molecule has 7 heteroatoms. The average Bonchev–Trinajstić information content (AvgIpc) is 2.98. The molecular formula is C22H18F3N3O. The van der Waals surface area contributed by atoms with Gasteiger partial charge in [0.25, 0.3) is 5.56 Å². The number of alkyl halides is 3. The van der Waals surface area contributed by atoms with Crippen LogP contribution >= 0.6 is 0 Å². The van der Waals surface area contributed by atoms with Crippen LogP contribution in [0.15, 0.2) is 65.5 Å². The molecule has 148 valence electrons. The number of halogens is 3. The number of hydrogen-bond acceptors (Lipinski definition) is 2. The van der Waals surface area contributed by atoms with Crippen LogP contribution in [0.3, 0.4) is 0 Å². The maximum absolute atomic E-state index is 13.1. The minimum Gasteiger partial charge on any atom is -0.288 e. The highest BCUT2D eigenvalue weighted by Gasteiger charge is 2.30. The first kappa shape index (κ1) is 19.0. The fraction of sp³-hybridized carbons (Fsp3) is 0.182. The minimum absolute atomic E-state index is 0.0211. The van der Waals surface area contributed by atoms with E-state index < -0.39 is 11.7 Å². The fourth-order valence-corrected chi connectivity index (χ4v) is 3.68. The molecule has 0 atom stereocenters. The van der Waals surface area contributed by atoms with Crippen LogP contribution in [0.1, 0.15) is 16.8 Å². The number of benzene rings is 2. The van der Waals surface area contributed by atoms with E-state index in [-0.39, 0.29) is 12.1 Å². The van der Waals surface area contributed by atoms with Crippen molar-refractivity contribution in [1.82, 2.24) is 14.3 Å². The van der Waals surface area contributed by atoms with Crippen molar-refractivity contribution in [3.63, 3.8) is 0 Å². The fourth-order valence-electron chi connectivity index (χ4n) is 3.68. The van der Waals surface area contributed by atoms with Gasteiger partial charge in [0.1, 0.15) is 5.65 Å². The van der Waals surface area contributed by atoms with E-state index >= 15 is 0 Å². The number of hydrogen-bond donors (Lipinski definition) is 0. The van der Waals surface area contributed by atoms with Crippen molar-refractivity contribution in [3.8, 4) is 11.1 Å². The first-order valence-electron chi connectivity index (χ1n) is 9.04. The van der Waals surface area contributed by atoms with Gasteiger partial charge in [0, 0.05) is 18.5 Å². The predicted octanol–water partition coefficient (Wildman–Crippen LogP) is 4.78. The summed E-state index contributed by atoms with van der Waals surface area (Å²) in [6.07, 6.45) is -4.43. The Balaban J connectivity index is 1.91. The van der Waals surface area contributed by atoms with Crippen LogP contribution in [0, 0.1) is 6.92 Å². The van der Waals surface area contributed by atoms with Crippen LogP contribution in [0.4, 0.5) is 13.2 Å². The Labute approximate surface area is 164 Å². The summed E-state index contributed by atoms with van der Waals surface area (Å²) < 4.78 is 42.3. The number of pyridine rings is 1. The van der Waals surface area contributed by atoms with E-state index in [1.54, 1.807) is 17.8 Å². The van der Waals surface area contributed by atoms with Crippen LogP contribution < -0.4 is 5.56 Å². The van der Waals surface area contributed by atoms with Crippen molar-refractivity contribution in [2.75, 3.05) is 0 Å². The molecule has 0 radical (unpaired) electrons. The van der Waals surface area contributed by atoms with Gasteiger partial charge in [-0.05, 0) is 35.7 Å². The van der Waals surface area contributed by atoms with Crippen LogP contribution in [-0.2, 0) is 19.8 Å². The summed E-state index contributed by atoms with van der Waals surface area (Å²) in [7, 11) is 1.73. The molecule has 0 fully saturated rings. The molecule has 4 aromatic rings. The van der Waals surface area contributed by atoms with Gasteiger partial charge in [0.15, 0.2) is 0 Å². The summed E-state index contributed by atoms with van der Waals surface area (Å²) in [6, 6.07) is 16.1. The molecule has 4 nitrogen and oxygen atoms in total. The zero-order valence-corrected chi connectivity index (χ0v) is 15.9. The van der Waals surface area contributed by atoms with Crippen LogP contribution in [0.2, 0.25) is 0 Å². The monoisotopic (exact) mass is 397 g/mol. The van der Waals surface area contributed by atoms with Crippen molar-refractivity contribution in [3.05, 3.63) is 87.8 Å².